The van der Waals surface area contributed by atoms with Crippen molar-refractivity contribution in [3.05, 3.63) is 66.5 Å². The van der Waals surface area contributed by atoms with Gasteiger partial charge in [-0.25, -0.2) is 4.39 Å². The second kappa shape index (κ2) is 6.35. The van der Waals surface area contributed by atoms with Crippen molar-refractivity contribution in [1.29, 1.82) is 0 Å². The first kappa shape index (κ1) is 15.6. The van der Waals surface area contributed by atoms with Gasteiger partial charge in [-0.3, -0.25) is 14.9 Å². The van der Waals surface area contributed by atoms with Crippen LogP contribution in [0.5, 0.6) is 0 Å². The van der Waals surface area contributed by atoms with Gasteiger partial charge in [-0.2, -0.15) is 0 Å². The standard InChI is InChI=1S/C13H7ClFIN2O3/c14-7-1-3-11(10(16)5-7)17-13(19)9-6-8(15)2-4-12(9)18(20)21/h1-6H,(H,17,19). The number of nitro groups is 1. The Bertz CT molecular complexity index is 739. The topological polar surface area (TPSA) is 72.2 Å². The molecule has 0 aliphatic carbocycles. The number of nitrogens with one attached hydrogen (secondary N) is 1. The molecule has 0 aliphatic heterocycles. The Morgan fingerprint density at radius 3 is 2.62 bits per heavy atom. The highest BCUT2D eigenvalue weighted by Crippen LogP contribution is 2.25. The molecule has 1 amide bonds. The monoisotopic (exact) mass is 420 g/mol. The van der Waals surface area contributed by atoms with Gasteiger partial charge < -0.3 is 5.32 Å². The van der Waals surface area contributed by atoms with Crippen LogP contribution in [0.3, 0.4) is 0 Å². The SMILES string of the molecule is O=C(Nc1ccc(Cl)cc1I)c1cc(F)ccc1[N+](=O)[O-]. The van der Waals surface area contributed by atoms with E-state index in [1.165, 1.54) is 0 Å². The maximum absolute atomic E-state index is 13.2. The lowest BCUT2D eigenvalue weighted by molar-refractivity contribution is -0.385. The van der Waals surface area contributed by atoms with Crippen molar-refractivity contribution in [1.82, 2.24) is 0 Å². The number of anilines is 1. The number of amides is 1. The Morgan fingerprint density at radius 2 is 2.00 bits per heavy atom. The first-order chi connectivity index (χ1) is 9.88. The van der Waals surface area contributed by atoms with Crippen LogP contribution in [0.15, 0.2) is 36.4 Å². The predicted molar refractivity (Wildman–Crippen MR) is 85.2 cm³/mol. The maximum Gasteiger partial charge on any atom is 0.282 e. The van der Waals surface area contributed by atoms with E-state index in [0.717, 1.165) is 18.2 Å². The molecule has 0 aliphatic rings. The molecule has 0 saturated heterocycles. The zero-order chi connectivity index (χ0) is 15.6. The van der Waals surface area contributed by atoms with E-state index in [9.17, 15) is 19.3 Å². The van der Waals surface area contributed by atoms with Gasteiger partial charge in [-0.15, -0.1) is 0 Å². The molecule has 2 aromatic rings. The molecule has 108 valence electrons. The minimum Gasteiger partial charge on any atom is -0.321 e. The molecule has 0 bridgehead atoms. The molecule has 0 unspecified atom stereocenters. The second-order valence-corrected chi connectivity index (χ2v) is 5.60. The Labute approximate surface area is 137 Å². The van der Waals surface area contributed by atoms with Crippen molar-refractivity contribution in [3.63, 3.8) is 0 Å². The van der Waals surface area contributed by atoms with E-state index in [1.54, 1.807) is 18.2 Å². The van der Waals surface area contributed by atoms with Crippen LogP contribution in [0.25, 0.3) is 0 Å². The van der Waals surface area contributed by atoms with Crippen LogP contribution in [0.1, 0.15) is 10.4 Å². The summed E-state index contributed by atoms with van der Waals surface area (Å²) in [6, 6.07) is 7.47. The molecule has 5 nitrogen and oxygen atoms in total. The lowest BCUT2D eigenvalue weighted by Gasteiger charge is -2.08. The summed E-state index contributed by atoms with van der Waals surface area (Å²) in [6.07, 6.45) is 0. The molecular formula is C13H7ClFIN2O3. The van der Waals surface area contributed by atoms with Gasteiger partial charge in [0, 0.05) is 14.7 Å². The summed E-state index contributed by atoms with van der Waals surface area (Å²) in [5.41, 5.74) is -0.368. The summed E-state index contributed by atoms with van der Waals surface area (Å²) in [7, 11) is 0. The zero-order valence-electron chi connectivity index (χ0n) is 10.3. The number of halogens is 3. The molecule has 0 radical (unpaired) electrons. The van der Waals surface area contributed by atoms with Gasteiger partial charge in [-0.05, 0) is 52.9 Å². The van der Waals surface area contributed by atoms with Gasteiger partial charge in [0.1, 0.15) is 11.4 Å². The molecule has 0 aromatic heterocycles. The minimum atomic E-state index is -0.763. The summed E-state index contributed by atoms with van der Waals surface area (Å²) in [5, 5.41) is 13.9. The Morgan fingerprint density at radius 1 is 1.29 bits per heavy atom. The van der Waals surface area contributed by atoms with Crippen molar-refractivity contribution in [3.8, 4) is 0 Å². The van der Waals surface area contributed by atoms with Crippen molar-refractivity contribution in [2.75, 3.05) is 5.32 Å². The van der Waals surface area contributed by atoms with Gasteiger partial charge in [0.05, 0.1) is 10.6 Å². The number of hydrogen-bond acceptors (Lipinski definition) is 3. The largest absolute Gasteiger partial charge is 0.321 e. The van der Waals surface area contributed by atoms with Gasteiger partial charge in [0.15, 0.2) is 0 Å². The van der Waals surface area contributed by atoms with Crippen LogP contribution in [0.4, 0.5) is 15.8 Å². The van der Waals surface area contributed by atoms with Crippen LogP contribution >= 0.6 is 34.2 Å². The highest BCUT2D eigenvalue weighted by molar-refractivity contribution is 14.1. The van der Waals surface area contributed by atoms with Crippen LogP contribution < -0.4 is 5.32 Å². The van der Waals surface area contributed by atoms with Crippen LogP contribution in [-0.2, 0) is 0 Å². The van der Waals surface area contributed by atoms with Crippen molar-refractivity contribution in [2.45, 2.75) is 0 Å². The molecular weight excluding hydrogens is 414 g/mol. The normalized spacial score (nSPS) is 10.2. The average Bonchev–Trinajstić information content (AvgIpc) is 2.41. The van der Waals surface area contributed by atoms with Crippen molar-refractivity contribution >= 4 is 51.5 Å². The third-order valence-electron chi connectivity index (χ3n) is 2.58. The summed E-state index contributed by atoms with van der Waals surface area (Å²) >= 11 is 7.76. The fraction of sp³-hybridized carbons (Fsp3) is 0. The molecule has 21 heavy (non-hydrogen) atoms. The average molecular weight is 421 g/mol. The number of nitrogens with zero attached hydrogens (tertiary/aromatic N) is 1. The number of carbonyl (C=O) groups is 1. The van der Waals surface area contributed by atoms with Gasteiger partial charge in [-0.1, -0.05) is 11.6 Å². The van der Waals surface area contributed by atoms with Gasteiger partial charge in [0.25, 0.3) is 11.6 Å². The predicted octanol–water partition coefficient (Wildman–Crippen LogP) is 4.24. The Kier molecular flexibility index (Phi) is 4.73. The summed E-state index contributed by atoms with van der Waals surface area (Å²) < 4.78 is 13.9. The quantitative estimate of drug-likeness (QED) is 0.458. The van der Waals surface area contributed by atoms with Crippen molar-refractivity contribution < 1.29 is 14.1 Å². The fourth-order valence-electron chi connectivity index (χ4n) is 1.63. The van der Waals surface area contributed by atoms with E-state index in [2.05, 4.69) is 5.32 Å². The molecule has 0 heterocycles. The Balaban J connectivity index is 2.36. The first-order valence-electron chi connectivity index (χ1n) is 5.59. The van der Waals surface area contributed by atoms with Crippen LogP contribution in [0, 0.1) is 19.5 Å². The van der Waals surface area contributed by atoms with Gasteiger partial charge >= 0.3 is 0 Å². The zero-order valence-corrected chi connectivity index (χ0v) is 13.2. The van der Waals surface area contributed by atoms with E-state index in [0.29, 0.717) is 14.3 Å². The Hall–Kier alpha value is -1.74. The number of rotatable bonds is 3. The number of hydrogen-bond donors (Lipinski definition) is 1. The summed E-state index contributed by atoms with van der Waals surface area (Å²) in [6.45, 7) is 0. The highest BCUT2D eigenvalue weighted by Gasteiger charge is 2.21. The van der Waals surface area contributed by atoms with E-state index in [-0.39, 0.29) is 5.56 Å². The number of nitro benzene ring substituents is 1. The fourth-order valence-corrected chi connectivity index (χ4v) is 2.64. The summed E-state index contributed by atoms with van der Waals surface area (Å²) in [4.78, 5) is 22.3. The number of carbonyl (C=O) groups excluding carboxylic acids is 1. The lowest BCUT2D eigenvalue weighted by atomic mass is 10.1. The third kappa shape index (κ3) is 3.67. The molecule has 0 atom stereocenters. The molecule has 1 N–H and O–H groups in total. The van der Waals surface area contributed by atoms with Crippen LogP contribution in [0.2, 0.25) is 5.02 Å². The molecule has 2 aromatic carbocycles. The summed E-state index contributed by atoms with van der Waals surface area (Å²) in [5.74, 6) is -1.49. The van der Waals surface area contributed by atoms with E-state index < -0.39 is 22.3 Å². The first-order valence-corrected chi connectivity index (χ1v) is 7.04. The lowest BCUT2D eigenvalue weighted by Crippen LogP contribution is -2.15. The molecule has 0 saturated carbocycles. The smallest absolute Gasteiger partial charge is 0.282 e. The third-order valence-corrected chi connectivity index (χ3v) is 3.71. The van der Waals surface area contributed by atoms with Crippen LogP contribution in [-0.4, -0.2) is 10.8 Å². The minimum absolute atomic E-state index is 0.342. The molecule has 2 rings (SSSR count). The van der Waals surface area contributed by atoms with Crippen molar-refractivity contribution in [2.24, 2.45) is 0 Å². The molecule has 8 heteroatoms. The van der Waals surface area contributed by atoms with Gasteiger partial charge in [0.2, 0.25) is 0 Å². The highest BCUT2D eigenvalue weighted by atomic mass is 127. The second-order valence-electron chi connectivity index (χ2n) is 4.00. The van der Waals surface area contributed by atoms with E-state index in [1.807, 2.05) is 22.6 Å². The molecule has 0 fully saturated rings. The molecule has 0 spiro atoms. The number of benzene rings is 2. The maximum atomic E-state index is 13.2. The van der Waals surface area contributed by atoms with E-state index >= 15 is 0 Å². The van der Waals surface area contributed by atoms with E-state index in [4.69, 9.17) is 11.6 Å².